The van der Waals surface area contributed by atoms with E-state index in [1.807, 2.05) is 0 Å². The van der Waals surface area contributed by atoms with E-state index < -0.39 is 16.2 Å². The maximum absolute atomic E-state index is 14.3. The Hall–Kier alpha value is -10.7. The molecule has 2 spiro atoms. The molecule has 0 radical (unpaired) electrons. The lowest BCUT2D eigenvalue weighted by Crippen LogP contribution is -2.27. The molecule has 0 unspecified atom stereocenters. The molecule has 2 nitrogen and oxygen atoms in total. The topological polar surface area (TPSA) is 26.3 Å². The first-order valence-electron chi connectivity index (χ1n) is 32.7. The normalized spacial score (nSPS) is 22.2. The average Bonchev–Trinajstić information content (AvgIpc) is 1.36. The monoisotopic (exact) mass is 1080 g/mol. The van der Waals surface area contributed by atoms with Gasteiger partial charge in [0.1, 0.15) is 0 Å². The van der Waals surface area contributed by atoms with Crippen LogP contribution >= 0.6 is 0 Å². The summed E-state index contributed by atoms with van der Waals surface area (Å²) >= 11 is 0. The zero-order chi connectivity index (χ0) is 53.1. The standard InChI is InChI=1S/C86H18O2/c1-88-20(87)3-2-12-84(19-13-17-9-8-15-5-4-14-6-7-16-10-11-18(19)25-23(16)21(14)22(15)24(17)25)85-80-72-64-54-44-36-28-26-27-30-34-32(28)40-48-42(34)52-46-38(30)39-31(27)35-33-29(26)37(36)45-51-41(33)49-43(35)53-47(39)57-56(46)66-60(52)70-62(48)68(58(64)50(40)44)76(80)78(70)82-74(66)75-67(57)61(53)71-63(49)69-59(51)65(55(45)54)73(72)81(85)77(69)79(71)83(75)86(82,84)85/h4-11,13H,2-3,12H2,1H3. The van der Waals surface area contributed by atoms with Gasteiger partial charge in [-0.1, -0.05) is 48.5 Å². The van der Waals surface area contributed by atoms with Gasteiger partial charge in [0.25, 0.3) is 0 Å². The molecule has 0 aliphatic heterocycles. The molecule has 374 valence electrons. The van der Waals surface area contributed by atoms with Gasteiger partial charge in [-0.2, -0.15) is 0 Å². The maximum Gasteiger partial charge on any atom is 0.305 e. The largest absolute Gasteiger partial charge is 0.469 e. The van der Waals surface area contributed by atoms with E-state index >= 15 is 0 Å². The van der Waals surface area contributed by atoms with Crippen molar-refractivity contribution in [2.45, 2.75) is 35.5 Å². The first kappa shape index (κ1) is 34.5. The van der Waals surface area contributed by atoms with Crippen molar-refractivity contribution in [1.82, 2.24) is 0 Å². The van der Waals surface area contributed by atoms with Crippen molar-refractivity contribution in [3.05, 3.63) is 82.4 Å². The van der Waals surface area contributed by atoms with Crippen molar-refractivity contribution in [3.63, 3.8) is 0 Å². The summed E-state index contributed by atoms with van der Waals surface area (Å²) in [5.41, 5.74) is 6.98. The summed E-state index contributed by atoms with van der Waals surface area (Å²) < 4.78 is 5.77. The molecule has 0 atom stereocenters. The first-order valence-corrected chi connectivity index (χ1v) is 32.7. The quantitative estimate of drug-likeness (QED) is 0.127. The highest BCUT2D eigenvalue weighted by molar-refractivity contribution is 6.82. The van der Waals surface area contributed by atoms with Gasteiger partial charge in [0.2, 0.25) is 0 Å². The molecule has 0 saturated heterocycles. The van der Waals surface area contributed by atoms with E-state index in [1.165, 1.54) is 53.9 Å². The van der Waals surface area contributed by atoms with Gasteiger partial charge in [-0.15, -0.1) is 0 Å². The Bertz CT molecular complexity index is 8600. The van der Waals surface area contributed by atoms with Crippen LogP contribution in [0.25, 0.3) is 345 Å². The highest BCUT2D eigenvalue weighted by Gasteiger charge is 2.94. The summed E-state index contributed by atoms with van der Waals surface area (Å²) in [6.45, 7) is 0. The number of hydrogen-bond acceptors (Lipinski definition) is 2. The molecular formula is C86H18O2. The molecule has 5 aliphatic rings. The number of rotatable bonds is 5. The zero-order valence-corrected chi connectivity index (χ0v) is 45.6. The van der Waals surface area contributed by atoms with E-state index in [1.54, 1.807) is 326 Å². The molecule has 34 aromatic rings. The van der Waals surface area contributed by atoms with Crippen LogP contribution < -0.4 is 0 Å². The molecule has 1 fully saturated rings. The highest BCUT2D eigenvalue weighted by atomic mass is 16.5. The van der Waals surface area contributed by atoms with Crippen molar-refractivity contribution >= 4 is 351 Å². The van der Waals surface area contributed by atoms with Crippen molar-refractivity contribution in [2.75, 3.05) is 7.11 Å². The molecule has 0 bridgehead atoms. The minimum Gasteiger partial charge on any atom is -0.469 e. The predicted octanol–water partition coefficient (Wildman–Crippen LogP) is 22.7. The third-order valence-electron chi connectivity index (χ3n) is 31.2. The van der Waals surface area contributed by atoms with Crippen molar-refractivity contribution in [2.24, 2.45) is 0 Å². The Morgan fingerprint density at radius 2 is 0.489 bits per heavy atom. The van der Waals surface area contributed by atoms with Gasteiger partial charge in [0, 0.05) is 22.7 Å². The molecule has 5 aliphatic carbocycles. The van der Waals surface area contributed by atoms with Crippen LogP contribution in [-0.2, 0) is 25.8 Å². The minimum atomic E-state index is -0.488. The van der Waals surface area contributed by atoms with E-state index in [4.69, 9.17) is 4.74 Å². The third kappa shape index (κ3) is 1.96. The van der Waals surface area contributed by atoms with Crippen LogP contribution in [0.15, 0.2) is 54.6 Å². The lowest BCUT2D eigenvalue weighted by Gasteiger charge is -2.32. The third-order valence-corrected chi connectivity index (χ3v) is 31.2. The number of carbonyl (C=O) groups excluding carboxylic acids is 1. The molecule has 1 saturated carbocycles. The average molecular weight is 1080 g/mol. The van der Waals surface area contributed by atoms with E-state index in [2.05, 4.69) is 54.6 Å². The number of methoxy groups -OCH3 is 1. The van der Waals surface area contributed by atoms with Gasteiger partial charge in [-0.25, -0.2) is 0 Å². The van der Waals surface area contributed by atoms with E-state index in [-0.39, 0.29) is 5.97 Å². The van der Waals surface area contributed by atoms with Crippen molar-refractivity contribution in [1.29, 1.82) is 0 Å². The maximum atomic E-state index is 14.3. The number of benzene rings is 23. The molecule has 2 heteroatoms. The Balaban J connectivity index is 0.954. The van der Waals surface area contributed by atoms with Crippen LogP contribution in [0.1, 0.15) is 47.1 Å². The smallest absolute Gasteiger partial charge is 0.305 e. The fourth-order valence-electron chi connectivity index (χ4n) is 30.8. The zero-order valence-electron chi connectivity index (χ0n) is 45.6. The van der Waals surface area contributed by atoms with E-state index in [0.29, 0.717) is 6.42 Å². The van der Waals surface area contributed by atoms with Gasteiger partial charge < -0.3 is 4.74 Å². The van der Waals surface area contributed by atoms with Gasteiger partial charge in [-0.05, 0) is 391 Å². The van der Waals surface area contributed by atoms with Gasteiger partial charge in [0.05, 0.1) is 7.11 Å². The summed E-state index contributed by atoms with van der Waals surface area (Å²) in [7, 11) is 1.62. The molecule has 0 amide bonds. The van der Waals surface area contributed by atoms with Gasteiger partial charge in [0.15, 0.2) is 0 Å². The molecular weight excluding hydrogens is 1060 g/mol. The van der Waals surface area contributed by atoms with Crippen LogP contribution in [0.3, 0.4) is 0 Å². The summed E-state index contributed by atoms with van der Waals surface area (Å²) in [6.07, 6.45) is 2.05. The van der Waals surface area contributed by atoms with Crippen LogP contribution in [0, 0.1) is 0 Å². The Labute approximate surface area is 482 Å². The number of esters is 1. The summed E-state index contributed by atoms with van der Waals surface area (Å²) in [5, 5.41) is 102. The van der Waals surface area contributed by atoms with Crippen molar-refractivity contribution in [3.8, 4) is 0 Å². The first-order chi connectivity index (χ1) is 43.7. The van der Waals surface area contributed by atoms with Crippen LogP contribution in [0.2, 0.25) is 0 Å². The predicted molar refractivity (Wildman–Crippen MR) is 369 cm³/mol. The second-order valence-electron chi connectivity index (χ2n) is 31.6. The molecule has 0 heterocycles. The van der Waals surface area contributed by atoms with Crippen molar-refractivity contribution < 1.29 is 9.53 Å². The Kier molecular flexibility index (Phi) is 3.20. The van der Waals surface area contributed by atoms with Crippen LogP contribution in [0.4, 0.5) is 0 Å². The summed E-state index contributed by atoms with van der Waals surface area (Å²) in [4.78, 5) is 14.3. The van der Waals surface area contributed by atoms with Crippen LogP contribution in [-0.4, -0.2) is 13.1 Å². The summed E-state index contributed by atoms with van der Waals surface area (Å²) in [5.74, 6) is -0.0849. The lowest BCUT2D eigenvalue weighted by molar-refractivity contribution is -0.140. The fraction of sp³-hybridized carbons (Fsp3) is 0.0814. The molecule has 88 heavy (non-hydrogen) atoms. The van der Waals surface area contributed by atoms with E-state index in [0.717, 1.165) is 12.8 Å². The summed E-state index contributed by atoms with van der Waals surface area (Å²) in [6, 6.07) is 22.5. The SMILES string of the molecule is COC(=O)CCCC1(c2cc3ccc4ccc5ccc6ccc2c2c6c5c4c32)C23c4c5c6c7c8c9c(c%10c%11c2c2c4c4c%12c5c5c6c6c8c8c%13c9c9c%10c%10c%11c%11c2c2c4c4c%12c%12c5c5c6c8c6c8c%13c9c9c%10c%10c%11c2c2c4c4c%12c5c6c5c8c9c%10c2c45)C713. The second kappa shape index (κ2) is 8.16. The van der Waals surface area contributed by atoms with Gasteiger partial charge in [-0.3, -0.25) is 4.79 Å². The molecule has 39 rings (SSSR count). The fourth-order valence-corrected chi connectivity index (χ4v) is 30.8. The minimum absolute atomic E-state index is 0.0849. The Morgan fingerprint density at radius 1 is 0.273 bits per heavy atom. The number of carbonyl (C=O) groups is 1. The molecule has 34 aromatic carbocycles. The van der Waals surface area contributed by atoms with Gasteiger partial charge >= 0.3 is 5.97 Å². The lowest BCUT2D eigenvalue weighted by atomic mass is 9.68. The highest BCUT2D eigenvalue weighted by Crippen LogP contribution is 2.97. The molecule has 0 N–H and O–H groups in total. The Morgan fingerprint density at radius 3 is 0.750 bits per heavy atom. The second-order valence-corrected chi connectivity index (χ2v) is 31.6. The number of hydrogen-bond donors (Lipinski definition) is 0. The number of ether oxygens (including phenoxy) is 1. The van der Waals surface area contributed by atoms with E-state index in [9.17, 15) is 4.79 Å². The molecule has 0 aromatic heterocycles. The van der Waals surface area contributed by atoms with Crippen LogP contribution in [0.5, 0.6) is 0 Å².